The fourth-order valence-electron chi connectivity index (χ4n) is 7.92. The van der Waals surface area contributed by atoms with E-state index >= 15 is 0 Å². The fourth-order valence-corrected chi connectivity index (χ4v) is 7.92. The molecule has 4 unspecified atom stereocenters. The Morgan fingerprint density at radius 3 is 2.08 bits per heavy atom. The molecule has 0 aliphatic heterocycles. The minimum Gasteiger partial charge on any atom is -0.356 e. The molecule has 0 radical (unpaired) electrons. The molecule has 3 fully saturated rings. The fraction of sp³-hybridized carbons (Fsp3) is 0.909. The van der Waals surface area contributed by atoms with Crippen molar-refractivity contribution in [2.75, 3.05) is 6.54 Å². The van der Waals surface area contributed by atoms with Crippen LogP contribution in [0.4, 0.5) is 0 Å². The largest absolute Gasteiger partial charge is 0.356 e. The normalized spacial score (nSPS) is 29.5. The van der Waals surface area contributed by atoms with Crippen molar-refractivity contribution in [3.8, 4) is 0 Å². The van der Waals surface area contributed by atoms with Gasteiger partial charge in [-0.3, -0.25) is 14.4 Å². The number of carbonyl (C=O) groups is 3. The zero-order chi connectivity index (χ0) is 27.4. The molecule has 38 heavy (non-hydrogen) atoms. The van der Waals surface area contributed by atoms with Crippen molar-refractivity contribution >= 4 is 17.5 Å². The molecule has 3 aliphatic carbocycles. The van der Waals surface area contributed by atoms with Gasteiger partial charge in [-0.25, -0.2) is 0 Å². The Hall–Kier alpha value is -1.23. The Balaban J connectivity index is 1.22. The van der Waals surface area contributed by atoms with Crippen molar-refractivity contribution < 1.29 is 14.4 Å². The van der Waals surface area contributed by atoms with Crippen LogP contribution in [-0.2, 0) is 14.4 Å². The maximum atomic E-state index is 13.4. The van der Waals surface area contributed by atoms with Gasteiger partial charge in [-0.2, -0.15) is 0 Å². The van der Waals surface area contributed by atoms with E-state index in [1.807, 2.05) is 0 Å². The lowest BCUT2D eigenvalue weighted by Gasteiger charge is -2.21. The Morgan fingerprint density at radius 2 is 1.37 bits per heavy atom. The van der Waals surface area contributed by atoms with Gasteiger partial charge in [-0.15, -0.1) is 0 Å². The summed E-state index contributed by atoms with van der Waals surface area (Å²) in [6.07, 6.45) is 23.6. The summed E-state index contributed by atoms with van der Waals surface area (Å²) in [5.74, 6) is 1.63. The SMILES string of the molecule is CC12CCCCCCCC1C2(C)C(=O)C(N)CCCCNC(=O)CCCCCC(=O)C1CCCCCCC1. The molecule has 218 valence electrons. The third kappa shape index (κ3) is 8.38. The lowest BCUT2D eigenvalue weighted by atomic mass is 9.84. The minimum absolute atomic E-state index is 0.0993. The summed E-state index contributed by atoms with van der Waals surface area (Å²) in [6, 6.07) is -0.381. The lowest BCUT2D eigenvalue weighted by Crippen LogP contribution is -2.38. The molecule has 0 aromatic rings. The van der Waals surface area contributed by atoms with E-state index < -0.39 is 0 Å². The van der Waals surface area contributed by atoms with Gasteiger partial charge in [-0.1, -0.05) is 84.5 Å². The number of amides is 1. The third-order valence-corrected chi connectivity index (χ3v) is 10.8. The maximum absolute atomic E-state index is 13.4. The van der Waals surface area contributed by atoms with Gasteiger partial charge in [-0.05, 0) is 69.1 Å². The van der Waals surface area contributed by atoms with E-state index in [1.165, 1.54) is 70.6 Å². The first kappa shape index (κ1) is 31.3. The number of Topliss-reactive ketones (excluding diaryl/α,β-unsaturated/α-hetero) is 2. The monoisotopic (exact) mass is 530 g/mol. The van der Waals surface area contributed by atoms with Crippen LogP contribution < -0.4 is 11.1 Å². The van der Waals surface area contributed by atoms with Crippen LogP contribution >= 0.6 is 0 Å². The van der Waals surface area contributed by atoms with Gasteiger partial charge in [0.25, 0.3) is 0 Å². The Kier molecular flexibility index (Phi) is 12.8. The molecule has 0 aromatic heterocycles. The average Bonchev–Trinajstić information content (AvgIpc) is 3.31. The van der Waals surface area contributed by atoms with Gasteiger partial charge < -0.3 is 11.1 Å². The second kappa shape index (κ2) is 15.5. The number of unbranched alkanes of at least 4 members (excludes halogenated alkanes) is 3. The predicted molar refractivity (Wildman–Crippen MR) is 156 cm³/mol. The number of hydrogen-bond acceptors (Lipinski definition) is 4. The van der Waals surface area contributed by atoms with Crippen molar-refractivity contribution in [3.63, 3.8) is 0 Å². The van der Waals surface area contributed by atoms with Crippen molar-refractivity contribution in [3.05, 3.63) is 0 Å². The molecule has 5 nitrogen and oxygen atoms in total. The van der Waals surface area contributed by atoms with E-state index in [9.17, 15) is 14.4 Å². The first-order valence-corrected chi connectivity index (χ1v) is 16.4. The van der Waals surface area contributed by atoms with Gasteiger partial charge in [0.05, 0.1) is 6.04 Å². The van der Waals surface area contributed by atoms with Gasteiger partial charge in [0.2, 0.25) is 5.91 Å². The molecule has 0 heterocycles. The molecule has 0 bridgehead atoms. The second-order valence-electron chi connectivity index (χ2n) is 13.4. The van der Waals surface area contributed by atoms with Crippen LogP contribution in [0.5, 0.6) is 0 Å². The molecular weight excluding hydrogens is 472 g/mol. The average molecular weight is 531 g/mol. The van der Waals surface area contributed by atoms with Gasteiger partial charge in [0.15, 0.2) is 5.78 Å². The Morgan fingerprint density at radius 1 is 0.763 bits per heavy atom. The van der Waals surface area contributed by atoms with E-state index in [1.54, 1.807) is 0 Å². The van der Waals surface area contributed by atoms with Crippen molar-refractivity contribution in [1.29, 1.82) is 0 Å². The Labute approximate surface area is 233 Å². The second-order valence-corrected chi connectivity index (χ2v) is 13.4. The third-order valence-electron chi connectivity index (χ3n) is 10.8. The first-order chi connectivity index (χ1) is 18.3. The number of nitrogens with one attached hydrogen (secondary N) is 1. The highest BCUT2D eigenvalue weighted by atomic mass is 16.1. The summed E-state index contributed by atoms with van der Waals surface area (Å²) < 4.78 is 0. The van der Waals surface area contributed by atoms with E-state index in [2.05, 4.69) is 19.2 Å². The molecule has 0 spiro atoms. The molecule has 0 aromatic carbocycles. The minimum atomic E-state index is -0.381. The van der Waals surface area contributed by atoms with Crippen LogP contribution in [0.2, 0.25) is 0 Å². The topological polar surface area (TPSA) is 89.3 Å². The van der Waals surface area contributed by atoms with Crippen LogP contribution in [-0.4, -0.2) is 30.1 Å². The molecular formula is C33H58N2O3. The van der Waals surface area contributed by atoms with Crippen molar-refractivity contribution in [2.24, 2.45) is 28.4 Å². The zero-order valence-corrected chi connectivity index (χ0v) is 24.8. The highest BCUT2D eigenvalue weighted by Crippen LogP contribution is 2.73. The number of hydrogen-bond donors (Lipinski definition) is 2. The molecule has 3 N–H and O–H groups in total. The van der Waals surface area contributed by atoms with Crippen molar-refractivity contribution in [1.82, 2.24) is 5.32 Å². The number of fused-ring (bicyclic) bond motifs is 1. The molecule has 3 aliphatic rings. The lowest BCUT2D eigenvalue weighted by molar-refractivity contribution is -0.127. The van der Waals surface area contributed by atoms with E-state index in [0.717, 1.165) is 51.4 Å². The van der Waals surface area contributed by atoms with Gasteiger partial charge in [0.1, 0.15) is 5.78 Å². The standard InChI is InChI=1S/C33H58N2O3/c1-32-24-16-8-4-7-13-22-29(32)33(32,2)31(38)27(34)20-15-17-25-35-30(37)23-14-9-12-21-28(36)26-18-10-5-3-6-11-19-26/h26-27,29H,3-25,34H2,1-2H3,(H,35,37). The summed E-state index contributed by atoms with van der Waals surface area (Å²) >= 11 is 0. The van der Waals surface area contributed by atoms with E-state index in [4.69, 9.17) is 5.73 Å². The van der Waals surface area contributed by atoms with E-state index in [-0.39, 0.29) is 28.6 Å². The van der Waals surface area contributed by atoms with Crippen LogP contribution in [0.25, 0.3) is 0 Å². The summed E-state index contributed by atoms with van der Waals surface area (Å²) in [4.78, 5) is 38.1. The van der Waals surface area contributed by atoms with Crippen LogP contribution in [0, 0.1) is 22.7 Å². The summed E-state index contributed by atoms with van der Waals surface area (Å²) in [5, 5.41) is 3.03. The first-order valence-electron chi connectivity index (χ1n) is 16.4. The smallest absolute Gasteiger partial charge is 0.219 e. The predicted octanol–water partition coefficient (Wildman–Crippen LogP) is 7.44. The highest BCUT2D eigenvalue weighted by Gasteiger charge is 2.73. The quantitative estimate of drug-likeness (QED) is 0.228. The van der Waals surface area contributed by atoms with Crippen LogP contribution in [0.1, 0.15) is 155 Å². The number of rotatable bonds is 14. The summed E-state index contributed by atoms with van der Waals surface area (Å²) in [6.45, 7) is 5.17. The molecule has 3 saturated carbocycles. The molecule has 0 saturated heterocycles. The van der Waals surface area contributed by atoms with Crippen molar-refractivity contribution in [2.45, 2.75) is 161 Å². The Bertz CT molecular complexity index is 759. The van der Waals surface area contributed by atoms with Crippen LogP contribution in [0.3, 0.4) is 0 Å². The molecule has 4 atom stereocenters. The molecule has 3 rings (SSSR count). The molecule has 1 amide bonds. The number of nitrogens with two attached hydrogens (primary N) is 1. The van der Waals surface area contributed by atoms with Gasteiger partial charge in [0, 0.05) is 30.7 Å². The summed E-state index contributed by atoms with van der Waals surface area (Å²) in [7, 11) is 0. The van der Waals surface area contributed by atoms with Gasteiger partial charge >= 0.3 is 0 Å². The number of ketones is 2. The van der Waals surface area contributed by atoms with Crippen LogP contribution in [0.15, 0.2) is 0 Å². The zero-order valence-electron chi connectivity index (χ0n) is 24.8. The number of carbonyl (C=O) groups excluding carboxylic acids is 3. The summed E-state index contributed by atoms with van der Waals surface area (Å²) in [5.41, 5.74) is 6.33. The maximum Gasteiger partial charge on any atom is 0.219 e. The van der Waals surface area contributed by atoms with E-state index in [0.29, 0.717) is 43.4 Å². The highest BCUT2D eigenvalue weighted by molar-refractivity contribution is 5.93. The molecule has 5 heteroatoms.